The number of hydrogen-bond acceptors (Lipinski definition) is 5. The van der Waals surface area contributed by atoms with E-state index < -0.39 is 17.8 Å². The molecule has 1 aromatic heterocycles. The van der Waals surface area contributed by atoms with Crippen LogP contribution in [0.25, 0.3) is 0 Å². The van der Waals surface area contributed by atoms with Crippen molar-refractivity contribution in [2.24, 2.45) is 0 Å². The van der Waals surface area contributed by atoms with E-state index in [1.165, 1.54) is 0 Å². The summed E-state index contributed by atoms with van der Waals surface area (Å²) in [6.07, 6.45) is -1.07. The van der Waals surface area contributed by atoms with E-state index >= 15 is 0 Å². The third-order valence-electron chi connectivity index (χ3n) is 3.40. The van der Waals surface area contributed by atoms with Crippen LogP contribution in [-0.2, 0) is 6.18 Å². The maximum absolute atomic E-state index is 12.8. The van der Waals surface area contributed by atoms with Gasteiger partial charge in [0.2, 0.25) is 5.95 Å². The average molecular weight is 290 g/mol. The van der Waals surface area contributed by atoms with Gasteiger partial charge in [-0.2, -0.15) is 18.2 Å². The number of aromatic nitrogens is 2. The first-order valence-electron chi connectivity index (χ1n) is 6.51. The first-order valence-corrected chi connectivity index (χ1v) is 6.51. The molecule has 1 saturated heterocycles. The molecule has 1 unspecified atom stereocenters. The van der Waals surface area contributed by atoms with Gasteiger partial charge in [-0.05, 0) is 12.8 Å². The Labute approximate surface area is 114 Å². The van der Waals surface area contributed by atoms with Crippen molar-refractivity contribution < 1.29 is 18.3 Å². The lowest BCUT2D eigenvalue weighted by Crippen LogP contribution is -2.38. The third-order valence-corrected chi connectivity index (χ3v) is 3.40. The molecule has 5 nitrogen and oxygen atoms in total. The maximum atomic E-state index is 12.8. The van der Waals surface area contributed by atoms with Gasteiger partial charge in [-0.15, -0.1) is 0 Å². The molecule has 0 amide bonds. The summed E-state index contributed by atoms with van der Waals surface area (Å²) in [5.74, 6) is -0.276. The second-order valence-electron chi connectivity index (χ2n) is 4.85. The van der Waals surface area contributed by atoms with Gasteiger partial charge in [0.25, 0.3) is 0 Å². The molecule has 1 atom stereocenters. The van der Waals surface area contributed by atoms with Crippen LogP contribution in [0, 0.1) is 0 Å². The number of nitrogens with zero attached hydrogens (tertiary/aromatic N) is 3. The van der Waals surface area contributed by atoms with E-state index in [1.54, 1.807) is 4.90 Å². The normalized spacial score (nSPS) is 20.8. The lowest BCUT2D eigenvalue weighted by molar-refractivity contribution is -0.141. The highest BCUT2D eigenvalue weighted by Gasteiger charge is 2.34. The summed E-state index contributed by atoms with van der Waals surface area (Å²) in [4.78, 5) is 8.81. The molecule has 0 bridgehead atoms. The third kappa shape index (κ3) is 3.30. The SMILES string of the molecule is Nc1nc(N2CCCCCC2CO)cc(C(F)(F)F)n1. The summed E-state index contributed by atoms with van der Waals surface area (Å²) in [7, 11) is 0. The van der Waals surface area contributed by atoms with Crippen LogP contribution in [-0.4, -0.2) is 34.3 Å². The zero-order valence-corrected chi connectivity index (χ0v) is 10.9. The predicted molar refractivity (Wildman–Crippen MR) is 68.1 cm³/mol. The van der Waals surface area contributed by atoms with Crippen LogP contribution in [0.2, 0.25) is 0 Å². The van der Waals surface area contributed by atoms with Gasteiger partial charge in [-0.3, -0.25) is 0 Å². The summed E-state index contributed by atoms with van der Waals surface area (Å²) in [5, 5.41) is 9.41. The lowest BCUT2D eigenvalue weighted by Gasteiger charge is -2.30. The van der Waals surface area contributed by atoms with Crippen LogP contribution in [0.3, 0.4) is 0 Å². The highest BCUT2D eigenvalue weighted by Crippen LogP contribution is 2.31. The standard InChI is InChI=1S/C12H17F3N4O/c13-12(14,15)9-6-10(18-11(16)17-9)19-5-3-1-2-4-8(19)7-20/h6,8,20H,1-5,7H2,(H2,16,17,18). The lowest BCUT2D eigenvalue weighted by atomic mass is 10.1. The molecule has 0 spiro atoms. The molecular weight excluding hydrogens is 273 g/mol. The molecule has 112 valence electrons. The number of nitrogens with two attached hydrogens (primary N) is 1. The van der Waals surface area contributed by atoms with E-state index in [0.29, 0.717) is 6.54 Å². The second-order valence-corrected chi connectivity index (χ2v) is 4.85. The number of alkyl halides is 3. The number of aliphatic hydroxyl groups is 1. The van der Waals surface area contributed by atoms with E-state index in [2.05, 4.69) is 9.97 Å². The molecule has 1 aliphatic heterocycles. The van der Waals surface area contributed by atoms with Crippen LogP contribution in [0.15, 0.2) is 6.07 Å². The number of nitrogen functional groups attached to an aromatic ring is 1. The molecule has 0 saturated carbocycles. The van der Waals surface area contributed by atoms with E-state index in [0.717, 1.165) is 31.7 Å². The Kier molecular flexibility index (Phi) is 4.32. The summed E-state index contributed by atoms with van der Waals surface area (Å²) in [5.41, 5.74) is 4.32. The molecule has 0 radical (unpaired) electrons. The van der Waals surface area contributed by atoms with Crippen molar-refractivity contribution in [3.8, 4) is 0 Å². The zero-order chi connectivity index (χ0) is 14.8. The van der Waals surface area contributed by atoms with E-state index in [-0.39, 0.29) is 18.5 Å². The molecule has 3 N–H and O–H groups in total. The van der Waals surface area contributed by atoms with Gasteiger partial charge < -0.3 is 15.7 Å². The van der Waals surface area contributed by atoms with Gasteiger partial charge in [0.05, 0.1) is 12.6 Å². The van der Waals surface area contributed by atoms with Gasteiger partial charge in [0.1, 0.15) is 5.82 Å². The molecule has 0 aromatic carbocycles. The largest absolute Gasteiger partial charge is 0.433 e. The van der Waals surface area contributed by atoms with Gasteiger partial charge in [-0.1, -0.05) is 12.8 Å². The van der Waals surface area contributed by atoms with Crippen molar-refractivity contribution in [2.75, 3.05) is 23.8 Å². The molecule has 2 rings (SSSR count). The minimum absolute atomic E-state index is 0.120. The Balaban J connectivity index is 2.37. The smallest absolute Gasteiger partial charge is 0.394 e. The molecule has 1 aliphatic rings. The first kappa shape index (κ1) is 14.8. The van der Waals surface area contributed by atoms with Gasteiger partial charge in [-0.25, -0.2) is 4.98 Å². The van der Waals surface area contributed by atoms with Crippen LogP contribution in [0.4, 0.5) is 24.9 Å². The number of rotatable bonds is 2. The number of anilines is 2. The fraction of sp³-hybridized carbons (Fsp3) is 0.667. The summed E-state index contributed by atoms with van der Waals surface area (Å²) < 4.78 is 38.3. The number of aliphatic hydroxyl groups excluding tert-OH is 1. The van der Waals surface area contributed by atoms with Crippen LogP contribution in [0.5, 0.6) is 0 Å². The Hall–Kier alpha value is -1.57. The minimum Gasteiger partial charge on any atom is -0.394 e. The summed E-state index contributed by atoms with van der Waals surface area (Å²) in [6.45, 7) is 0.435. The maximum Gasteiger partial charge on any atom is 0.433 e. The van der Waals surface area contributed by atoms with Crippen molar-refractivity contribution in [1.82, 2.24) is 9.97 Å². The van der Waals surface area contributed by atoms with E-state index in [9.17, 15) is 18.3 Å². The second kappa shape index (κ2) is 5.82. The highest BCUT2D eigenvalue weighted by atomic mass is 19.4. The molecule has 1 aromatic rings. The fourth-order valence-electron chi connectivity index (χ4n) is 2.41. The number of hydrogen-bond donors (Lipinski definition) is 2. The molecule has 8 heteroatoms. The Morgan fingerprint density at radius 3 is 2.70 bits per heavy atom. The zero-order valence-electron chi connectivity index (χ0n) is 10.9. The molecule has 20 heavy (non-hydrogen) atoms. The molecule has 2 heterocycles. The molecule has 1 fully saturated rings. The monoisotopic (exact) mass is 290 g/mol. The van der Waals surface area contributed by atoms with Crippen molar-refractivity contribution in [3.05, 3.63) is 11.8 Å². The van der Waals surface area contributed by atoms with Gasteiger partial charge >= 0.3 is 6.18 Å². The van der Waals surface area contributed by atoms with Crippen LogP contribution >= 0.6 is 0 Å². The topological polar surface area (TPSA) is 75.3 Å². The van der Waals surface area contributed by atoms with Crippen molar-refractivity contribution in [2.45, 2.75) is 37.9 Å². The Morgan fingerprint density at radius 1 is 1.30 bits per heavy atom. The van der Waals surface area contributed by atoms with Crippen molar-refractivity contribution in [3.63, 3.8) is 0 Å². The molecule has 0 aliphatic carbocycles. The summed E-state index contributed by atoms with van der Waals surface area (Å²) in [6, 6.07) is 0.664. The Morgan fingerprint density at radius 2 is 2.05 bits per heavy atom. The fourth-order valence-corrected chi connectivity index (χ4v) is 2.41. The molecular formula is C12H17F3N4O. The van der Waals surface area contributed by atoms with Crippen LogP contribution in [0.1, 0.15) is 31.4 Å². The Bertz CT molecular complexity index is 467. The van der Waals surface area contributed by atoms with E-state index in [1.807, 2.05) is 0 Å². The number of halogens is 3. The van der Waals surface area contributed by atoms with Gasteiger partial charge in [0.15, 0.2) is 5.69 Å². The minimum atomic E-state index is -4.56. The average Bonchev–Trinajstić information content (AvgIpc) is 2.61. The summed E-state index contributed by atoms with van der Waals surface area (Å²) >= 11 is 0. The van der Waals surface area contributed by atoms with Gasteiger partial charge in [0, 0.05) is 12.6 Å². The quantitative estimate of drug-likeness (QED) is 0.869. The van der Waals surface area contributed by atoms with Crippen LogP contribution < -0.4 is 10.6 Å². The highest BCUT2D eigenvalue weighted by molar-refractivity contribution is 5.45. The first-order chi connectivity index (χ1) is 9.41. The van der Waals surface area contributed by atoms with E-state index in [4.69, 9.17) is 5.73 Å². The predicted octanol–water partition coefficient (Wildman–Crippen LogP) is 1.82. The van der Waals surface area contributed by atoms with Crippen molar-refractivity contribution >= 4 is 11.8 Å². The van der Waals surface area contributed by atoms with Crippen molar-refractivity contribution in [1.29, 1.82) is 0 Å².